The summed E-state index contributed by atoms with van der Waals surface area (Å²) in [6.07, 6.45) is 6.72. The number of piperidine rings is 1. The third kappa shape index (κ3) is 4.96. The molecular formula is C17H33N3O. The van der Waals surface area contributed by atoms with Gasteiger partial charge in [-0.2, -0.15) is 0 Å². The fourth-order valence-electron chi connectivity index (χ4n) is 3.89. The van der Waals surface area contributed by atoms with Gasteiger partial charge in [-0.05, 0) is 63.6 Å². The van der Waals surface area contributed by atoms with E-state index in [-0.39, 0.29) is 0 Å². The molecule has 2 fully saturated rings. The first kappa shape index (κ1) is 16.8. The molecule has 0 aromatic carbocycles. The van der Waals surface area contributed by atoms with E-state index in [0.717, 1.165) is 38.4 Å². The molecule has 2 aliphatic heterocycles. The molecule has 2 aliphatic rings. The van der Waals surface area contributed by atoms with E-state index < -0.39 is 0 Å². The number of hydrogen-bond donors (Lipinski definition) is 1. The van der Waals surface area contributed by atoms with E-state index in [2.05, 4.69) is 23.6 Å². The highest BCUT2D eigenvalue weighted by atomic mass is 16.2. The molecule has 1 unspecified atom stereocenters. The van der Waals surface area contributed by atoms with Crippen molar-refractivity contribution < 1.29 is 4.79 Å². The molecule has 0 aromatic heterocycles. The molecule has 2 rings (SSSR count). The molecular weight excluding hydrogens is 262 g/mol. The SMILES string of the molecule is CC(C)CC(CN)CC(=O)N1CCC(N2CCCC2)CC1. The predicted octanol–water partition coefficient (Wildman–Crippen LogP) is 2.08. The van der Waals surface area contributed by atoms with Crippen LogP contribution in [0.2, 0.25) is 0 Å². The minimum Gasteiger partial charge on any atom is -0.343 e. The number of carbonyl (C=O) groups excluding carboxylic acids is 1. The van der Waals surface area contributed by atoms with Crippen molar-refractivity contribution in [3.8, 4) is 0 Å². The normalized spacial score (nSPS) is 23.0. The summed E-state index contributed by atoms with van der Waals surface area (Å²) in [5.41, 5.74) is 5.83. The average molecular weight is 295 g/mol. The second-order valence-electron chi connectivity index (χ2n) is 7.29. The van der Waals surface area contributed by atoms with Gasteiger partial charge in [0.25, 0.3) is 0 Å². The van der Waals surface area contributed by atoms with Gasteiger partial charge in [0, 0.05) is 25.6 Å². The van der Waals surface area contributed by atoms with Crippen LogP contribution >= 0.6 is 0 Å². The molecule has 1 amide bonds. The standard InChI is InChI=1S/C17H33N3O/c1-14(2)11-15(13-18)12-17(21)20-9-5-16(6-10-20)19-7-3-4-8-19/h14-16H,3-13,18H2,1-2H3. The quantitative estimate of drug-likeness (QED) is 0.816. The number of nitrogens with two attached hydrogens (primary N) is 1. The van der Waals surface area contributed by atoms with E-state index >= 15 is 0 Å². The Labute approximate surface area is 130 Å². The van der Waals surface area contributed by atoms with Gasteiger partial charge in [-0.1, -0.05) is 13.8 Å². The van der Waals surface area contributed by atoms with Crippen LogP contribution in [-0.2, 0) is 4.79 Å². The second-order valence-corrected chi connectivity index (χ2v) is 7.29. The van der Waals surface area contributed by atoms with Gasteiger partial charge >= 0.3 is 0 Å². The van der Waals surface area contributed by atoms with Gasteiger partial charge in [0.15, 0.2) is 0 Å². The first-order valence-electron chi connectivity index (χ1n) is 8.82. The third-order valence-electron chi connectivity index (χ3n) is 5.08. The van der Waals surface area contributed by atoms with Crippen LogP contribution in [0.15, 0.2) is 0 Å². The Hall–Kier alpha value is -0.610. The Morgan fingerprint density at radius 2 is 1.76 bits per heavy atom. The lowest BCUT2D eigenvalue weighted by Gasteiger charge is -2.37. The van der Waals surface area contributed by atoms with Crippen LogP contribution in [0.25, 0.3) is 0 Å². The molecule has 4 heteroatoms. The molecule has 0 spiro atoms. The van der Waals surface area contributed by atoms with Gasteiger partial charge in [-0.25, -0.2) is 0 Å². The molecule has 0 aromatic rings. The Morgan fingerprint density at radius 1 is 1.14 bits per heavy atom. The molecule has 1 atom stereocenters. The molecule has 2 saturated heterocycles. The maximum Gasteiger partial charge on any atom is 0.222 e. The third-order valence-corrected chi connectivity index (χ3v) is 5.08. The lowest BCUT2D eigenvalue weighted by molar-refractivity contribution is -0.133. The molecule has 0 bridgehead atoms. The first-order chi connectivity index (χ1) is 10.1. The molecule has 21 heavy (non-hydrogen) atoms. The predicted molar refractivity (Wildman–Crippen MR) is 87.0 cm³/mol. The molecule has 4 nitrogen and oxygen atoms in total. The van der Waals surface area contributed by atoms with E-state index in [1.54, 1.807) is 0 Å². The summed E-state index contributed by atoms with van der Waals surface area (Å²) in [5, 5.41) is 0. The van der Waals surface area contributed by atoms with Crippen molar-refractivity contribution >= 4 is 5.91 Å². The summed E-state index contributed by atoms with van der Waals surface area (Å²) in [6, 6.07) is 0.720. The Balaban J connectivity index is 1.74. The Morgan fingerprint density at radius 3 is 2.29 bits per heavy atom. The van der Waals surface area contributed by atoms with E-state index in [1.807, 2.05) is 0 Å². The van der Waals surface area contributed by atoms with E-state index in [0.29, 0.717) is 30.7 Å². The molecule has 122 valence electrons. The van der Waals surface area contributed by atoms with Crippen molar-refractivity contribution in [2.45, 2.75) is 58.4 Å². The van der Waals surface area contributed by atoms with Gasteiger partial charge in [0.2, 0.25) is 5.91 Å². The van der Waals surface area contributed by atoms with Gasteiger partial charge < -0.3 is 15.5 Å². The highest BCUT2D eigenvalue weighted by Gasteiger charge is 2.28. The topological polar surface area (TPSA) is 49.6 Å². The zero-order valence-electron chi connectivity index (χ0n) is 13.9. The van der Waals surface area contributed by atoms with E-state index in [4.69, 9.17) is 5.73 Å². The molecule has 0 aliphatic carbocycles. The number of rotatable bonds is 6. The van der Waals surface area contributed by atoms with Crippen molar-refractivity contribution in [2.75, 3.05) is 32.7 Å². The number of amides is 1. The van der Waals surface area contributed by atoms with Crippen LogP contribution in [0.4, 0.5) is 0 Å². The van der Waals surface area contributed by atoms with Gasteiger partial charge in [0.05, 0.1) is 0 Å². The smallest absolute Gasteiger partial charge is 0.222 e. The number of likely N-dealkylation sites (tertiary alicyclic amines) is 2. The highest BCUT2D eigenvalue weighted by molar-refractivity contribution is 5.76. The van der Waals surface area contributed by atoms with Crippen LogP contribution in [0.3, 0.4) is 0 Å². The Kier molecular flexibility index (Phi) is 6.49. The van der Waals surface area contributed by atoms with E-state index in [1.165, 1.54) is 25.9 Å². The minimum absolute atomic E-state index is 0.325. The Bertz CT molecular complexity index is 318. The zero-order valence-corrected chi connectivity index (χ0v) is 13.9. The van der Waals surface area contributed by atoms with Crippen LogP contribution in [0, 0.1) is 11.8 Å². The minimum atomic E-state index is 0.325. The van der Waals surface area contributed by atoms with Crippen molar-refractivity contribution in [3.63, 3.8) is 0 Å². The van der Waals surface area contributed by atoms with Crippen LogP contribution in [0.5, 0.6) is 0 Å². The summed E-state index contributed by atoms with van der Waals surface area (Å²) in [5.74, 6) is 1.30. The molecule has 0 saturated carbocycles. The van der Waals surface area contributed by atoms with Crippen molar-refractivity contribution in [1.82, 2.24) is 9.80 Å². The van der Waals surface area contributed by atoms with Gasteiger partial charge in [-0.3, -0.25) is 4.79 Å². The van der Waals surface area contributed by atoms with Crippen LogP contribution < -0.4 is 5.73 Å². The monoisotopic (exact) mass is 295 g/mol. The molecule has 0 radical (unpaired) electrons. The number of carbonyl (C=O) groups is 1. The summed E-state index contributed by atoms with van der Waals surface area (Å²) < 4.78 is 0. The number of nitrogens with zero attached hydrogens (tertiary/aromatic N) is 2. The maximum absolute atomic E-state index is 12.4. The van der Waals surface area contributed by atoms with Crippen LogP contribution in [-0.4, -0.2) is 54.5 Å². The van der Waals surface area contributed by atoms with Crippen LogP contribution in [0.1, 0.15) is 52.4 Å². The van der Waals surface area contributed by atoms with Crippen molar-refractivity contribution in [1.29, 1.82) is 0 Å². The fourth-order valence-corrected chi connectivity index (χ4v) is 3.89. The maximum atomic E-state index is 12.4. The molecule has 2 N–H and O–H groups in total. The lowest BCUT2D eigenvalue weighted by atomic mass is 9.93. The van der Waals surface area contributed by atoms with E-state index in [9.17, 15) is 4.79 Å². The van der Waals surface area contributed by atoms with Crippen molar-refractivity contribution in [3.05, 3.63) is 0 Å². The number of hydrogen-bond acceptors (Lipinski definition) is 3. The first-order valence-corrected chi connectivity index (χ1v) is 8.82. The summed E-state index contributed by atoms with van der Waals surface area (Å²) in [7, 11) is 0. The summed E-state index contributed by atoms with van der Waals surface area (Å²) in [6.45, 7) is 9.46. The largest absolute Gasteiger partial charge is 0.343 e. The zero-order chi connectivity index (χ0) is 15.2. The second kappa shape index (κ2) is 8.14. The van der Waals surface area contributed by atoms with Gasteiger partial charge in [0.1, 0.15) is 0 Å². The fraction of sp³-hybridized carbons (Fsp3) is 0.941. The molecule has 2 heterocycles. The average Bonchev–Trinajstić information content (AvgIpc) is 3.00. The summed E-state index contributed by atoms with van der Waals surface area (Å²) >= 11 is 0. The lowest BCUT2D eigenvalue weighted by Crippen LogP contribution is -2.46. The highest BCUT2D eigenvalue weighted by Crippen LogP contribution is 2.22. The van der Waals surface area contributed by atoms with Crippen molar-refractivity contribution in [2.24, 2.45) is 17.6 Å². The van der Waals surface area contributed by atoms with Gasteiger partial charge in [-0.15, -0.1) is 0 Å². The summed E-state index contributed by atoms with van der Waals surface area (Å²) in [4.78, 5) is 17.1.